The first kappa shape index (κ1) is 21.5. The Morgan fingerprint density at radius 2 is 1.80 bits per heavy atom. The first-order valence-corrected chi connectivity index (χ1v) is 10.1. The zero-order valence-corrected chi connectivity index (χ0v) is 17.0. The monoisotopic (exact) mass is 413 g/mol. The van der Waals surface area contributed by atoms with Gasteiger partial charge in [0.25, 0.3) is 5.56 Å². The number of piperidine rings is 1. The second-order valence-corrected chi connectivity index (χ2v) is 7.47. The van der Waals surface area contributed by atoms with Gasteiger partial charge in [0.2, 0.25) is 5.91 Å². The molecule has 2 heterocycles. The van der Waals surface area contributed by atoms with Gasteiger partial charge in [0.1, 0.15) is 11.4 Å². The smallest absolute Gasteiger partial charge is 0.332 e. The van der Waals surface area contributed by atoms with Crippen LogP contribution in [0.5, 0.6) is 0 Å². The summed E-state index contributed by atoms with van der Waals surface area (Å²) in [5.41, 5.74) is 11.0. The fourth-order valence-electron chi connectivity index (χ4n) is 3.94. The van der Waals surface area contributed by atoms with E-state index in [0.29, 0.717) is 13.0 Å². The van der Waals surface area contributed by atoms with Crippen LogP contribution in [0.25, 0.3) is 0 Å². The Morgan fingerprint density at radius 3 is 2.43 bits per heavy atom. The van der Waals surface area contributed by atoms with Crippen molar-refractivity contribution in [2.24, 2.45) is 5.73 Å². The number of hydrogen-bond donors (Lipinski definition) is 2. The Bertz CT molecular complexity index is 1060. The summed E-state index contributed by atoms with van der Waals surface area (Å²) in [5.74, 6) is -1.17. The first-order valence-electron chi connectivity index (χ1n) is 10.1. The number of Topliss-reactive ketones (excluding diaryl/α,β-unsaturated/α-hetero) is 1. The lowest BCUT2D eigenvalue weighted by atomic mass is 10.0. The fourth-order valence-corrected chi connectivity index (χ4v) is 3.94. The number of primary amides is 1. The normalized spacial score (nSPS) is 17.0. The van der Waals surface area contributed by atoms with Crippen molar-refractivity contribution in [2.75, 3.05) is 18.8 Å². The lowest BCUT2D eigenvalue weighted by Crippen LogP contribution is -2.51. The van der Waals surface area contributed by atoms with Crippen molar-refractivity contribution in [3.63, 3.8) is 0 Å². The van der Waals surface area contributed by atoms with Crippen molar-refractivity contribution in [1.29, 1.82) is 0 Å². The van der Waals surface area contributed by atoms with Gasteiger partial charge < -0.3 is 11.5 Å². The number of aromatic nitrogens is 2. The van der Waals surface area contributed by atoms with Crippen LogP contribution in [0.1, 0.15) is 42.1 Å². The van der Waals surface area contributed by atoms with E-state index in [-0.39, 0.29) is 31.0 Å². The van der Waals surface area contributed by atoms with E-state index in [0.717, 1.165) is 23.0 Å². The van der Waals surface area contributed by atoms with Crippen molar-refractivity contribution < 1.29 is 9.59 Å². The van der Waals surface area contributed by atoms with E-state index in [4.69, 9.17) is 11.5 Å². The van der Waals surface area contributed by atoms with E-state index in [1.54, 1.807) is 11.8 Å². The molecule has 0 bridgehead atoms. The third kappa shape index (κ3) is 4.20. The lowest BCUT2D eigenvalue weighted by Gasteiger charge is -2.33. The number of ketones is 1. The fraction of sp³-hybridized carbons (Fsp3) is 0.429. The second kappa shape index (κ2) is 9.08. The SMILES string of the molecule is CCn1c(=O)c(C(=O)CN2CCCCC2C(N)=O)c(N)n(Cc2ccccc2)c1=O. The minimum Gasteiger partial charge on any atom is -0.384 e. The number of nitrogens with two attached hydrogens (primary N) is 2. The van der Waals surface area contributed by atoms with E-state index in [1.165, 1.54) is 4.57 Å². The molecule has 160 valence electrons. The number of rotatable bonds is 7. The number of hydrogen-bond acceptors (Lipinski definition) is 6. The summed E-state index contributed by atoms with van der Waals surface area (Å²) in [6.07, 6.45) is 2.26. The van der Waals surface area contributed by atoms with Crippen molar-refractivity contribution in [3.05, 3.63) is 62.3 Å². The average molecular weight is 413 g/mol. The molecule has 9 heteroatoms. The van der Waals surface area contributed by atoms with Crippen LogP contribution < -0.4 is 22.7 Å². The van der Waals surface area contributed by atoms with Crippen LogP contribution in [0.3, 0.4) is 0 Å². The Labute approximate surface area is 173 Å². The van der Waals surface area contributed by atoms with Crippen LogP contribution in [0.15, 0.2) is 39.9 Å². The Kier molecular flexibility index (Phi) is 6.51. The molecule has 3 rings (SSSR count). The molecular formula is C21H27N5O4. The number of amides is 1. The molecular weight excluding hydrogens is 386 g/mol. The van der Waals surface area contributed by atoms with Gasteiger partial charge >= 0.3 is 5.69 Å². The topological polar surface area (TPSA) is 133 Å². The van der Waals surface area contributed by atoms with Crippen molar-refractivity contribution in [2.45, 2.75) is 45.3 Å². The number of carbonyl (C=O) groups is 2. The predicted molar refractivity (Wildman–Crippen MR) is 113 cm³/mol. The number of anilines is 1. The second-order valence-electron chi connectivity index (χ2n) is 7.47. The van der Waals surface area contributed by atoms with Crippen molar-refractivity contribution in [1.82, 2.24) is 14.0 Å². The number of likely N-dealkylation sites (tertiary alicyclic amines) is 1. The summed E-state index contributed by atoms with van der Waals surface area (Å²) in [4.78, 5) is 52.2. The molecule has 1 aromatic carbocycles. The number of benzene rings is 1. The van der Waals surface area contributed by atoms with Gasteiger partial charge in [-0.3, -0.25) is 28.4 Å². The van der Waals surface area contributed by atoms with Crippen LogP contribution in [-0.4, -0.2) is 44.9 Å². The highest BCUT2D eigenvalue weighted by atomic mass is 16.2. The molecule has 0 radical (unpaired) electrons. The molecule has 1 aromatic heterocycles. The zero-order valence-electron chi connectivity index (χ0n) is 17.0. The quantitative estimate of drug-likeness (QED) is 0.622. The molecule has 1 saturated heterocycles. The van der Waals surface area contributed by atoms with Crippen LogP contribution in [0.2, 0.25) is 0 Å². The summed E-state index contributed by atoms with van der Waals surface area (Å²) in [7, 11) is 0. The molecule has 1 amide bonds. The predicted octanol–water partition coefficient (Wildman–Crippen LogP) is 0.183. The summed E-state index contributed by atoms with van der Waals surface area (Å²) in [6, 6.07) is 8.63. The number of nitrogens with zero attached hydrogens (tertiary/aromatic N) is 3. The van der Waals surface area contributed by atoms with E-state index in [1.807, 2.05) is 30.3 Å². The Hall–Kier alpha value is -3.20. The van der Waals surface area contributed by atoms with Gasteiger partial charge in [-0.25, -0.2) is 4.79 Å². The molecule has 30 heavy (non-hydrogen) atoms. The lowest BCUT2D eigenvalue weighted by molar-refractivity contribution is -0.124. The van der Waals surface area contributed by atoms with Gasteiger partial charge in [0, 0.05) is 6.54 Å². The summed E-state index contributed by atoms with van der Waals surface area (Å²) < 4.78 is 2.25. The minimum absolute atomic E-state index is 0.112. The van der Waals surface area contributed by atoms with Crippen molar-refractivity contribution >= 4 is 17.5 Å². The summed E-state index contributed by atoms with van der Waals surface area (Å²) >= 11 is 0. The molecule has 1 atom stereocenters. The van der Waals surface area contributed by atoms with Crippen LogP contribution in [0, 0.1) is 0 Å². The van der Waals surface area contributed by atoms with Gasteiger partial charge in [-0.1, -0.05) is 36.8 Å². The molecule has 2 aromatic rings. The minimum atomic E-state index is -0.707. The van der Waals surface area contributed by atoms with E-state index < -0.39 is 29.0 Å². The summed E-state index contributed by atoms with van der Waals surface area (Å²) in [6.45, 7) is 2.29. The largest absolute Gasteiger partial charge is 0.384 e. The van der Waals surface area contributed by atoms with E-state index >= 15 is 0 Å². The Balaban J connectivity index is 2.02. The third-order valence-corrected chi connectivity index (χ3v) is 5.54. The number of nitrogen functional groups attached to an aromatic ring is 1. The highest BCUT2D eigenvalue weighted by Crippen LogP contribution is 2.18. The zero-order chi connectivity index (χ0) is 21.8. The maximum absolute atomic E-state index is 13.1. The molecule has 0 aliphatic carbocycles. The molecule has 9 nitrogen and oxygen atoms in total. The Morgan fingerprint density at radius 1 is 1.10 bits per heavy atom. The molecule has 1 unspecified atom stereocenters. The highest BCUT2D eigenvalue weighted by molar-refractivity contribution is 6.01. The standard InChI is InChI=1S/C21H27N5O4/c1-2-25-20(29)17(16(27)13-24-11-7-6-10-15(24)19(23)28)18(22)26(21(25)30)12-14-8-4-3-5-9-14/h3-5,8-9,15H,2,6-7,10-13,22H2,1H3,(H2,23,28). The number of carbonyl (C=O) groups excluding carboxylic acids is 2. The van der Waals surface area contributed by atoms with Crippen LogP contribution in [0.4, 0.5) is 5.82 Å². The van der Waals surface area contributed by atoms with Crippen LogP contribution >= 0.6 is 0 Å². The van der Waals surface area contributed by atoms with E-state index in [9.17, 15) is 19.2 Å². The molecule has 4 N–H and O–H groups in total. The average Bonchev–Trinajstić information content (AvgIpc) is 2.72. The van der Waals surface area contributed by atoms with E-state index in [2.05, 4.69) is 0 Å². The van der Waals surface area contributed by atoms with Gasteiger partial charge in [-0.2, -0.15) is 0 Å². The van der Waals surface area contributed by atoms with Gasteiger partial charge in [-0.15, -0.1) is 0 Å². The van der Waals surface area contributed by atoms with Crippen LogP contribution in [-0.2, 0) is 17.9 Å². The highest BCUT2D eigenvalue weighted by Gasteiger charge is 2.31. The van der Waals surface area contributed by atoms with Gasteiger partial charge in [-0.05, 0) is 31.9 Å². The first-order chi connectivity index (χ1) is 14.3. The van der Waals surface area contributed by atoms with Gasteiger partial charge in [0.15, 0.2) is 5.78 Å². The van der Waals surface area contributed by atoms with Crippen molar-refractivity contribution in [3.8, 4) is 0 Å². The van der Waals surface area contributed by atoms with Gasteiger partial charge in [0.05, 0.1) is 19.1 Å². The molecule has 1 fully saturated rings. The molecule has 0 spiro atoms. The maximum Gasteiger partial charge on any atom is 0.332 e. The molecule has 1 aliphatic rings. The third-order valence-electron chi connectivity index (χ3n) is 5.54. The molecule has 1 aliphatic heterocycles. The summed E-state index contributed by atoms with van der Waals surface area (Å²) in [5, 5.41) is 0. The molecule has 0 saturated carbocycles. The maximum atomic E-state index is 13.1.